The van der Waals surface area contributed by atoms with Gasteiger partial charge in [-0.05, 0) is 44.9 Å². The zero-order valence-electron chi connectivity index (χ0n) is 49.7. The van der Waals surface area contributed by atoms with E-state index in [9.17, 15) is 14.4 Å². The van der Waals surface area contributed by atoms with Crippen LogP contribution in [0, 0.1) is 0 Å². The third kappa shape index (κ3) is 60.9. The predicted molar refractivity (Wildman–Crippen MR) is 317 cm³/mol. The molecule has 0 N–H and O–H groups in total. The van der Waals surface area contributed by atoms with Crippen LogP contribution in [0.1, 0.15) is 380 Å². The largest absolute Gasteiger partial charge is 0.462 e. The van der Waals surface area contributed by atoms with Crippen molar-refractivity contribution >= 4 is 17.9 Å². The van der Waals surface area contributed by atoms with Crippen molar-refractivity contribution < 1.29 is 28.6 Å². The highest BCUT2D eigenvalue weighted by molar-refractivity contribution is 5.71. The fourth-order valence-electron chi connectivity index (χ4n) is 10.3. The normalized spacial score (nSPS) is 12.0. The summed E-state index contributed by atoms with van der Waals surface area (Å²) in [5, 5.41) is 0. The second-order valence-electron chi connectivity index (χ2n) is 22.7. The Bertz CT molecular complexity index is 1130. The van der Waals surface area contributed by atoms with Crippen LogP contribution >= 0.6 is 0 Å². The number of hydrogen-bond donors (Lipinski definition) is 0. The predicted octanol–water partition coefficient (Wildman–Crippen LogP) is 22.4. The van der Waals surface area contributed by atoms with Crippen LogP contribution in [-0.4, -0.2) is 37.2 Å². The summed E-state index contributed by atoms with van der Waals surface area (Å²) in [6.07, 6.45) is 74.3. The van der Waals surface area contributed by atoms with Gasteiger partial charge in [-0.1, -0.05) is 328 Å². The molecule has 1 atom stereocenters. The molecule has 73 heavy (non-hydrogen) atoms. The van der Waals surface area contributed by atoms with Crippen LogP contribution in [-0.2, 0) is 28.6 Å². The number of hydrogen-bond acceptors (Lipinski definition) is 6. The van der Waals surface area contributed by atoms with E-state index >= 15 is 0 Å². The van der Waals surface area contributed by atoms with Crippen molar-refractivity contribution in [3.05, 3.63) is 12.2 Å². The highest BCUT2D eigenvalue weighted by Crippen LogP contribution is 2.19. The zero-order valence-corrected chi connectivity index (χ0v) is 49.7. The Hall–Kier alpha value is -1.85. The second-order valence-corrected chi connectivity index (χ2v) is 22.7. The lowest BCUT2D eigenvalue weighted by atomic mass is 10.0. The summed E-state index contributed by atoms with van der Waals surface area (Å²) in [5.41, 5.74) is 0. The molecule has 0 saturated carbocycles. The summed E-state index contributed by atoms with van der Waals surface area (Å²) < 4.78 is 16.8. The molecule has 0 fully saturated rings. The number of unbranched alkanes of at least 4 members (excludes halogenated alkanes) is 49. The van der Waals surface area contributed by atoms with Crippen molar-refractivity contribution in [1.29, 1.82) is 0 Å². The number of allylic oxidation sites excluding steroid dienone is 2. The molecule has 0 rings (SSSR count). The minimum Gasteiger partial charge on any atom is -0.462 e. The standard InChI is InChI=1S/C67H128O6/c1-4-7-10-13-16-18-20-22-24-26-27-28-29-30-31-32-33-34-35-36-37-38-39-40-41-42-44-45-47-49-51-54-57-60-66(69)72-63-64(62-71-65(68)59-56-53-15-12-9-6-3)73-67(70)61-58-55-52-50-48-46-43-25-23-21-19-17-14-11-8-5-2/h25,43,64H,4-24,26-42,44-63H2,1-3H3/b43-25-. The van der Waals surface area contributed by atoms with Gasteiger partial charge in [0.1, 0.15) is 13.2 Å². The van der Waals surface area contributed by atoms with E-state index in [0.29, 0.717) is 19.3 Å². The molecule has 0 heterocycles. The molecule has 432 valence electrons. The highest BCUT2D eigenvalue weighted by atomic mass is 16.6. The Morgan fingerprint density at radius 2 is 0.452 bits per heavy atom. The molecule has 0 radical (unpaired) electrons. The molecule has 6 nitrogen and oxygen atoms in total. The quantitative estimate of drug-likeness (QED) is 0.0261. The molecule has 0 spiro atoms. The average Bonchev–Trinajstić information content (AvgIpc) is 3.39. The summed E-state index contributed by atoms with van der Waals surface area (Å²) in [6.45, 7) is 6.63. The minimum absolute atomic E-state index is 0.0685. The van der Waals surface area contributed by atoms with E-state index in [1.807, 2.05) is 0 Å². The van der Waals surface area contributed by atoms with Crippen molar-refractivity contribution in [2.24, 2.45) is 0 Å². The van der Waals surface area contributed by atoms with Crippen LogP contribution in [0.4, 0.5) is 0 Å². The van der Waals surface area contributed by atoms with Crippen molar-refractivity contribution in [3.8, 4) is 0 Å². The summed E-state index contributed by atoms with van der Waals surface area (Å²) in [6, 6.07) is 0. The third-order valence-corrected chi connectivity index (χ3v) is 15.3. The van der Waals surface area contributed by atoms with Crippen molar-refractivity contribution in [2.45, 2.75) is 386 Å². The third-order valence-electron chi connectivity index (χ3n) is 15.3. The first-order valence-electron chi connectivity index (χ1n) is 33.2. The number of rotatable bonds is 62. The molecule has 0 saturated heterocycles. The number of esters is 3. The van der Waals surface area contributed by atoms with Crippen LogP contribution in [0.2, 0.25) is 0 Å². The van der Waals surface area contributed by atoms with Gasteiger partial charge in [-0.15, -0.1) is 0 Å². The summed E-state index contributed by atoms with van der Waals surface area (Å²) in [7, 11) is 0. The molecule has 0 aromatic heterocycles. The van der Waals surface area contributed by atoms with Gasteiger partial charge < -0.3 is 14.2 Å². The Labute approximate surface area is 456 Å². The fraction of sp³-hybridized carbons (Fsp3) is 0.925. The molecule has 0 aliphatic rings. The zero-order chi connectivity index (χ0) is 52.9. The van der Waals surface area contributed by atoms with Gasteiger partial charge >= 0.3 is 17.9 Å². The lowest BCUT2D eigenvalue weighted by molar-refractivity contribution is -0.167. The summed E-state index contributed by atoms with van der Waals surface area (Å²) in [4.78, 5) is 37.9. The lowest BCUT2D eigenvalue weighted by Gasteiger charge is -2.18. The Kier molecular flexibility index (Phi) is 61.1. The molecule has 6 heteroatoms. The lowest BCUT2D eigenvalue weighted by Crippen LogP contribution is -2.30. The molecule has 0 aromatic rings. The van der Waals surface area contributed by atoms with E-state index < -0.39 is 6.10 Å². The molecular weight excluding hydrogens is 901 g/mol. The van der Waals surface area contributed by atoms with E-state index in [1.165, 1.54) is 276 Å². The fourth-order valence-corrected chi connectivity index (χ4v) is 10.3. The monoisotopic (exact) mass is 1030 g/mol. The van der Waals surface area contributed by atoms with E-state index in [0.717, 1.165) is 64.2 Å². The summed E-state index contributed by atoms with van der Waals surface area (Å²) in [5.74, 6) is -0.863. The van der Waals surface area contributed by atoms with Gasteiger partial charge in [0.05, 0.1) is 0 Å². The first-order valence-corrected chi connectivity index (χ1v) is 33.2. The molecule has 0 aliphatic carbocycles. The molecular formula is C67H128O6. The second kappa shape index (κ2) is 62.7. The van der Waals surface area contributed by atoms with Crippen LogP contribution < -0.4 is 0 Å². The molecule has 0 aliphatic heterocycles. The van der Waals surface area contributed by atoms with Gasteiger partial charge in [0, 0.05) is 19.3 Å². The van der Waals surface area contributed by atoms with E-state index in [1.54, 1.807) is 0 Å². The van der Waals surface area contributed by atoms with Gasteiger partial charge in [0.15, 0.2) is 6.10 Å². The summed E-state index contributed by atoms with van der Waals surface area (Å²) >= 11 is 0. The number of carbonyl (C=O) groups excluding carboxylic acids is 3. The molecule has 0 bridgehead atoms. The van der Waals surface area contributed by atoms with Gasteiger partial charge in [0.25, 0.3) is 0 Å². The number of ether oxygens (including phenoxy) is 3. The topological polar surface area (TPSA) is 78.9 Å². The first-order chi connectivity index (χ1) is 36.0. The van der Waals surface area contributed by atoms with Crippen molar-refractivity contribution in [1.82, 2.24) is 0 Å². The van der Waals surface area contributed by atoms with E-state index in [2.05, 4.69) is 32.9 Å². The van der Waals surface area contributed by atoms with E-state index in [4.69, 9.17) is 14.2 Å². The van der Waals surface area contributed by atoms with Gasteiger partial charge in [-0.25, -0.2) is 0 Å². The van der Waals surface area contributed by atoms with Crippen LogP contribution in [0.3, 0.4) is 0 Å². The Balaban J connectivity index is 3.89. The first kappa shape index (κ1) is 71.2. The average molecular weight is 1030 g/mol. The maximum absolute atomic E-state index is 12.8. The van der Waals surface area contributed by atoms with Gasteiger partial charge in [0.2, 0.25) is 0 Å². The van der Waals surface area contributed by atoms with E-state index in [-0.39, 0.29) is 31.1 Å². The Morgan fingerprint density at radius 3 is 0.685 bits per heavy atom. The van der Waals surface area contributed by atoms with Crippen LogP contribution in [0.25, 0.3) is 0 Å². The number of carbonyl (C=O) groups is 3. The molecule has 1 unspecified atom stereocenters. The minimum atomic E-state index is -0.768. The van der Waals surface area contributed by atoms with Gasteiger partial charge in [-0.3, -0.25) is 14.4 Å². The van der Waals surface area contributed by atoms with Gasteiger partial charge in [-0.2, -0.15) is 0 Å². The molecule has 0 aromatic carbocycles. The highest BCUT2D eigenvalue weighted by Gasteiger charge is 2.19. The van der Waals surface area contributed by atoms with Crippen molar-refractivity contribution in [2.75, 3.05) is 13.2 Å². The van der Waals surface area contributed by atoms with Crippen LogP contribution in [0.15, 0.2) is 12.2 Å². The Morgan fingerprint density at radius 1 is 0.260 bits per heavy atom. The maximum atomic E-state index is 12.8. The van der Waals surface area contributed by atoms with Crippen molar-refractivity contribution in [3.63, 3.8) is 0 Å². The maximum Gasteiger partial charge on any atom is 0.306 e. The molecule has 0 amide bonds. The van der Waals surface area contributed by atoms with Crippen LogP contribution in [0.5, 0.6) is 0 Å². The SMILES string of the molecule is CCCCCCCCC/C=C\CCCCCCCC(=O)OC(COC(=O)CCCCCCCC)COC(=O)CCCCCCCCCCCCCCCCCCCCCCCCCCCCCCCCCCC. The smallest absolute Gasteiger partial charge is 0.306 e.